The molecule has 0 aromatic carbocycles. The number of aromatic nitrogens is 1. The Bertz CT molecular complexity index is 511. The summed E-state index contributed by atoms with van der Waals surface area (Å²) in [6.07, 6.45) is 5.12. The molecular formula is C17H26N4O2. The van der Waals surface area contributed by atoms with Crippen molar-refractivity contribution in [1.82, 2.24) is 15.2 Å². The Balaban J connectivity index is 1.43. The Labute approximate surface area is 137 Å². The van der Waals surface area contributed by atoms with Crippen molar-refractivity contribution in [1.29, 1.82) is 0 Å². The summed E-state index contributed by atoms with van der Waals surface area (Å²) in [6, 6.07) is 3.69. The van der Waals surface area contributed by atoms with E-state index < -0.39 is 0 Å². The highest BCUT2D eigenvalue weighted by Crippen LogP contribution is 2.18. The Morgan fingerprint density at radius 3 is 2.78 bits per heavy atom. The summed E-state index contributed by atoms with van der Waals surface area (Å²) in [6.45, 7) is 7.44. The summed E-state index contributed by atoms with van der Waals surface area (Å²) >= 11 is 0. The van der Waals surface area contributed by atoms with Crippen LogP contribution in [0.25, 0.3) is 0 Å². The van der Waals surface area contributed by atoms with Crippen LogP contribution >= 0.6 is 0 Å². The smallest absolute Gasteiger partial charge is 0.251 e. The van der Waals surface area contributed by atoms with Crippen molar-refractivity contribution >= 4 is 11.7 Å². The first-order valence-corrected chi connectivity index (χ1v) is 8.62. The summed E-state index contributed by atoms with van der Waals surface area (Å²) in [7, 11) is 0. The van der Waals surface area contributed by atoms with Gasteiger partial charge in [0, 0.05) is 44.5 Å². The molecule has 0 bridgehead atoms. The van der Waals surface area contributed by atoms with Gasteiger partial charge in [-0.25, -0.2) is 4.98 Å². The molecular weight excluding hydrogens is 292 g/mol. The zero-order valence-electron chi connectivity index (χ0n) is 13.7. The van der Waals surface area contributed by atoms with Crippen LogP contribution in [0.3, 0.4) is 0 Å². The average Bonchev–Trinajstić information content (AvgIpc) is 3.14. The van der Waals surface area contributed by atoms with E-state index in [2.05, 4.69) is 20.1 Å². The molecule has 0 aliphatic carbocycles. The number of hydrogen-bond acceptors (Lipinski definition) is 5. The van der Waals surface area contributed by atoms with E-state index in [-0.39, 0.29) is 5.91 Å². The molecule has 3 heterocycles. The molecule has 6 nitrogen and oxygen atoms in total. The zero-order chi connectivity index (χ0) is 15.9. The van der Waals surface area contributed by atoms with Crippen LogP contribution in [0.4, 0.5) is 5.82 Å². The van der Waals surface area contributed by atoms with Gasteiger partial charge in [0.25, 0.3) is 5.91 Å². The summed E-state index contributed by atoms with van der Waals surface area (Å²) in [4.78, 5) is 21.3. The fourth-order valence-electron chi connectivity index (χ4n) is 3.11. The van der Waals surface area contributed by atoms with Gasteiger partial charge >= 0.3 is 0 Å². The van der Waals surface area contributed by atoms with Gasteiger partial charge in [-0.1, -0.05) is 0 Å². The molecule has 6 heteroatoms. The Hall–Kier alpha value is -1.66. The number of amides is 1. The normalized spacial score (nSPS) is 19.0. The molecule has 1 amide bonds. The minimum atomic E-state index is -0.00479. The Kier molecular flexibility index (Phi) is 5.82. The number of anilines is 1. The summed E-state index contributed by atoms with van der Waals surface area (Å²) < 4.78 is 5.33. The van der Waals surface area contributed by atoms with Crippen molar-refractivity contribution in [3.63, 3.8) is 0 Å². The van der Waals surface area contributed by atoms with E-state index in [1.165, 1.54) is 12.8 Å². The van der Waals surface area contributed by atoms with E-state index in [4.69, 9.17) is 4.74 Å². The Morgan fingerprint density at radius 1 is 1.22 bits per heavy atom. The lowest BCUT2D eigenvalue weighted by molar-refractivity contribution is 0.0374. The lowest BCUT2D eigenvalue weighted by Crippen LogP contribution is -2.38. The topological polar surface area (TPSA) is 57.7 Å². The van der Waals surface area contributed by atoms with Gasteiger partial charge in [0.2, 0.25) is 0 Å². The quantitative estimate of drug-likeness (QED) is 0.797. The second-order valence-corrected chi connectivity index (χ2v) is 6.16. The SMILES string of the molecule is O=C(NCCCN1CCOCC1)c1ccnc(N2CCCC2)c1. The summed E-state index contributed by atoms with van der Waals surface area (Å²) in [5.74, 6) is 0.915. The number of hydrogen-bond donors (Lipinski definition) is 1. The molecule has 1 aromatic heterocycles. The molecule has 1 N–H and O–H groups in total. The first-order chi connectivity index (χ1) is 11.3. The Morgan fingerprint density at radius 2 is 2.00 bits per heavy atom. The maximum Gasteiger partial charge on any atom is 0.251 e. The maximum atomic E-state index is 12.3. The highest BCUT2D eigenvalue weighted by molar-refractivity contribution is 5.94. The fourth-order valence-corrected chi connectivity index (χ4v) is 3.11. The van der Waals surface area contributed by atoms with Gasteiger partial charge in [0.05, 0.1) is 13.2 Å². The van der Waals surface area contributed by atoms with Crippen LogP contribution in [0, 0.1) is 0 Å². The van der Waals surface area contributed by atoms with Crippen molar-refractivity contribution in [2.45, 2.75) is 19.3 Å². The predicted molar refractivity (Wildman–Crippen MR) is 89.9 cm³/mol. The van der Waals surface area contributed by atoms with Crippen LogP contribution in [0.2, 0.25) is 0 Å². The standard InChI is InChI=1S/C17H26N4O2/c22-17(19-5-3-7-20-10-12-23-13-11-20)15-4-6-18-16(14-15)21-8-1-2-9-21/h4,6,14H,1-3,5,7-13H2,(H,19,22). The minimum Gasteiger partial charge on any atom is -0.379 e. The van der Waals surface area contributed by atoms with Crippen LogP contribution in [0.1, 0.15) is 29.6 Å². The molecule has 0 spiro atoms. The molecule has 0 atom stereocenters. The molecule has 2 saturated heterocycles. The molecule has 1 aromatic rings. The second-order valence-electron chi connectivity index (χ2n) is 6.16. The van der Waals surface area contributed by atoms with Gasteiger partial charge in [0.1, 0.15) is 5.82 Å². The van der Waals surface area contributed by atoms with E-state index >= 15 is 0 Å². The predicted octanol–water partition coefficient (Wildman–Crippen LogP) is 1.13. The van der Waals surface area contributed by atoms with Crippen LogP contribution in [0.15, 0.2) is 18.3 Å². The number of nitrogens with zero attached hydrogens (tertiary/aromatic N) is 3. The number of nitrogens with one attached hydrogen (secondary N) is 1. The summed E-state index contributed by atoms with van der Waals surface area (Å²) in [5, 5.41) is 3.01. The third kappa shape index (κ3) is 4.65. The van der Waals surface area contributed by atoms with E-state index in [1.54, 1.807) is 12.3 Å². The van der Waals surface area contributed by atoms with Crippen molar-refractivity contribution < 1.29 is 9.53 Å². The van der Waals surface area contributed by atoms with Crippen LogP contribution < -0.4 is 10.2 Å². The van der Waals surface area contributed by atoms with Crippen LogP contribution in [0.5, 0.6) is 0 Å². The van der Waals surface area contributed by atoms with Gasteiger partial charge in [0.15, 0.2) is 0 Å². The average molecular weight is 318 g/mol. The van der Waals surface area contributed by atoms with E-state index in [1.807, 2.05) is 6.07 Å². The lowest BCUT2D eigenvalue weighted by Gasteiger charge is -2.26. The number of carbonyl (C=O) groups is 1. The second kappa shape index (κ2) is 8.26. The molecule has 2 aliphatic heterocycles. The van der Waals surface area contributed by atoms with Crippen molar-refractivity contribution in [2.75, 3.05) is 57.4 Å². The third-order valence-corrected chi connectivity index (χ3v) is 4.48. The molecule has 2 aliphatic rings. The van der Waals surface area contributed by atoms with Crippen molar-refractivity contribution in [3.05, 3.63) is 23.9 Å². The molecule has 126 valence electrons. The monoisotopic (exact) mass is 318 g/mol. The number of pyridine rings is 1. The largest absolute Gasteiger partial charge is 0.379 e. The van der Waals surface area contributed by atoms with Gasteiger partial charge in [-0.2, -0.15) is 0 Å². The van der Waals surface area contributed by atoms with Gasteiger partial charge in [-0.05, 0) is 37.9 Å². The fraction of sp³-hybridized carbons (Fsp3) is 0.647. The first kappa shape index (κ1) is 16.2. The highest BCUT2D eigenvalue weighted by atomic mass is 16.5. The van der Waals surface area contributed by atoms with Gasteiger partial charge in [-0.3, -0.25) is 9.69 Å². The highest BCUT2D eigenvalue weighted by Gasteiger charge is 2.15. The zero-order valence-corrected chi connectivity index (χ0v) is 13.7. The van der Waals surface area contributed by atoms with Crippen LogP contribution in [-0.2, 0) is 4.74 Å². The van der Waals surface area contributed by atoms with Crippen LogP contribution in [-0.4, -0.2) is 68.3 Å². The molecule has 2 fully saturated rings. The molecule has 3 rings (SSSR count). The molecule has 0 unspecified atom stereocenters. The van der Waals surface area contributed by atoms with Crippen molar-refractivity contribution in [2.24, 2.45) is 0 Å². The maximum absolute atomic E-state index is 12.3. The van der Waals surface area contributed by atoms with Gasteiger partial charge in [-0.15, -0.1) is 0 Å². The minimum absolute atomic E-state index is 0.00479. The van der Waals surface area contributed by atoms with Crippen molar-refractivity contribution in [3.8, 4) is 0 Å². The lowest BCUT2D eigenvalue weighted by atomic mass is 10.2. The van der Waals surface area contributed by atoms with E-state index in [0.717, 1.165) is 58.2 Å². The molecule has 0 radical (unpaired) electrons. The first-order valence-electron chi connectivity index (χ1n) is 8.62. The van der Waals surface area contributed by atoms with E-state index in [9.17, 15) is 4.79 Å². The number of rotatable bonds is 6. The molecule has 0 saturated carbocycles. The van der Waals surface area contributed by atoms with Gasteiger partial charge < -0.3 is 15.0 Å². The van der Waals surface area contributed by atoms with E-state index in [0.29, 0.717) is 12.1 Å². The number of ether oxygens (including phenoxy) is 1. The summed E-state index contributed by atoms with van der Waals surface area (Å²) in [5.41, 5.74) is 0.702. The molecule has 23 heavy (non-hydrogen) atoms. The number of carbonyl (C=O) groups excluding carboxylic acids is 1. The third-order valence-electron chi connectivity index (χ3n) is 4.48. The number of morpholine rings is 1.